The topological polar surface area (TPSA) is 65.5 Å². The zero-order valence-corrected chi connectivity index (χ0v) is 18.9. The van der Waals surface area contributed by atoms with E-state index < -0.39 is 0 Å². The first-order chi connectivity index (χ1) is 14.9. The average molecular weight is 424 g/mol. The predicted molar refractivity (Wildman–Crippen MR) is 117 cm³/mol. The fraction of sp³-hybridized carbons (Fsp3) is 0.654. The van der Waals surface area contributed by atoms with Gasteiger partial charge in [-0.15, -0.1) is 0 Å². The first kappa shape index (κ1) is 20.7. The van der Waals surface area contributed by atoms with Gasteiger partial charge in [-0.05, 0) is 73.8 Å². The Labute approximate surface area is 184 Å². The second-order valence-electron chi connectivity index (χ2n) is 10.5. The molecule has 4 aliphatic carbocycles. The molecule has 0 radical (unpaired) electrons. The van der Waals surface area contributed by atoms with Gasteiger partial charge in [-0.2, -0.15) is 0 Å². The first-order valence-electron chi connectivity index (χ1n) is 11.8. The van der Waals surface area contributed by atoms with Crippen LogP contribution in [0.3, 0.4) is 0 Å². The van der Waals surface area contributed by atoms with E-state index in [9.17, 15) is 9.59 Å². The van der Waals surface area contributed by atoms with Crippen molar-refractivity contribution in [1.82, 2.24) is 4.98 Å². The molecule has 0 aromatic carbocycles. The number of carbonyl (C=O) groups excluding carboxylic acids is 2. The maximum atomic E-state index is 12.8. The maximum absolute atomic E-state index is 12.8. The number of pyridine rings is 1. The zero-order valence-electron chi connectivity index (χ0n) is 18.9. The van der Waals surface area contributed by atoms with Gasteiger partial charge in [0.15, 0.2) is 0 Å². The zero-order chi connectivity index (χ0) is 21.8. The third-order valence-corrected chi connectivity index (χ3v) is 9.23. The summed E-state index contributed by atoms with van der Waals surface area (Å²) in [5.74, 6) is 2.26. The lowest BCUT2D eigenvalue weighted by atomic mass is 9.48. The predicted octanol–water partition coefficient (Wildman–Crippen LogP) is 5.15. The second kappa shape index (κ2) is 7.46. The van der Waals surface area contributed by atoms with Crippen molar-refractivity contribution in [2.45, 2.75) is 71.3 Å². The monoisotopic (exact) mass is 423 g/mol. The lowest BCUT2D eigenvalue weighted by Crippen LogP contribution is -2.50. The quantitative estimate of drug-likeness (QED) is 0.497. The lowest BCUT2D eigenvalue weighted by Gasteiger charge is -2.56. The van der Waals surface area contributed by atoms with Crippen molar-refractivity contribution in [1.29, 1.82) is 0 Å². The molecule has 3 saturated carbocycles. The van der Waals surface area contributed by atoms with E-state index >= 15 is 0 Å². The molecule has 0 bridgehead atoms. The first-order valence-corrected chi connectivity index (χ1v) is 11.8. The van der Waals surface area contributed by atoms with Crippen LogP contribution in [0, 0.1) is 28.6 Å². The molecule has 3 fully saturated rings. The highest BCUT2D eigenvalue weighted by Crippen LogP contribution is 2.64. The highest BCUT2D eigenvalue weighted by Gasteiger charge is 2.58. The standard InChI is InChI=1S/C26H33NO4/c1-25-12-10-17(31-24(29)19-5-4-14-27-23(19)30-3)15-16(25)6-7-18-20-8-9-22(28)26(20,2)13-11-21(18)25/h4-6,14,17-18,20-21H,7-13,15H2,1-3H3/t17-,18-,20-,21-,25-,26-/m0/s1. The lowest BCUT2D eigenvalue weighted by molar-refractivity contribution is -0.132. The van der Waals surface area contributed by atoms with Crippen molar-refractivity contribution in [2.75, 3.05) is 7.11 Å². The number of allylic oxidation sites excluding steroid dienone is 1. The molecule has 0 spiro atoms. The molecule has 6 atom stereocenters. The summed E-state index contributed by atoms with van der Waals surface area (Å²) in [5.41, 5.74) is 1.93. The van der Waals surface area contributed by atoms with Crippen LogP contribution >= 0.6 is 0 Å². The molecule has 0 amide bonds. The fourth-order valence-electron chi connectivity index (χ4n) is 7.42. The molecule has 0 N–H and O–H groups in total. The van der Waals surface area contributed by atoms with Crippen molar-refractivity contribution >= 4 is 11.8 Å². The number of aromatic nitrogens is 1. The average Bonchev–Trinajstić information content (AvgIpc) is 3.08. The Hall–Kier alpha value is -2.17. The van der Waals surface area contributed by atoms with Crippen LogP contribution in [0.1, 0.15) is 75.6 Å². The van der Waals surface area contributed by atoms with Crippen LogP contribution in [0.15, 0.2) is 30.0 Å². The van der Waals surface area contributed by atoms with Gasteiger partial charge in [0.2, 0.25) is 5.88 Å². The minimum absolute atomic E-state index is 0.0849. The highest BCUT2D eigenvalue weighted by molar-refractivity contribution is 5.92. The largest absolute Gasteiger partial charge is 0.480 e. The summed E-state index contributed by atoms with van der Waals surface area (Å²) >= 11 is 0. The van der Waals surface area contributed by atoms with Crippen molar-refractivity contribution in [3.8, 4) is 5.88 Å². The molecule has 0 saturated heterocycles. The molecule has 5 rings (SSSR count). The van der Waals surface area contributed by atoms with E-state index in [1.165, 1.54) is 12.7 Å². The van der Waals surface area contributed by atoms with E-state index in [0.717, 1.165) is 51.4 Å². The summed E-state index contributed by atoms with van der Waals surface area (Å²) in [6.07, 6.45) is 11.8. The summed E-state index contributed by atoms with van der Waals surface area (Å²) in [5, 5.41) is 0. The Morgan fingerprint density at radius 1 is 1.13 bits per heavy atom. The van der Waals surface area contributed by atoms with Gasteiger partial charge in [0.25, 0.3) is 0 Å². The molecule has 0 unspecified atom stereocenters. The third-order valence-electron chi connectivity index (χ3n) is 9.23. The number of Topliss-reactive ketones (excluding diaryl/α,β-unsaturated/α-hetero) is 1. The van der Waals surface area contributed by atoms with E-state index in [0.29, 0.717) is 35.0 Å². The van der Waals surface area contributed by atoms with Gasteiger partial charge in [-0.1, -0.05) is 25.5 Å². The number of ketones is 1. The number of methoxy groups -OCH3 is 1. The summed E-state index contributed by atoms with van der Waals surface area (Å²) in [7, 11) is 1.52. The van der Waals surface area contributed by atoms with Crippen LogP contribution in [-0.2, 0) is 9.53 Å². The number of rotatable bonds is 3. The molecule has 4 aliphatic rings. The van der Waals surface area contributed by atoms with Crippen LogP contribution in [-0.4, -0.2) is 30.0 Å². The minimum atomic E-state index is -0.356. The van der Waals surface area contributed by atoms with Crippen LogP contribution in [0.4, 0.5) is 0 Å². The van der Waals surface area contributed by atoms with Crippen molar-refractivity contribution in [3.05, 3.63) is 35.5 Å². The molecule has 1 aromatic heterocycles. The SMILES string of the molecule is COc1ncccc1C(=O)O[C@H]1CC[C@@]2(C)C(=CC[C@@H]3[C@@H]2CC[C@]2(C)C(=O)CC[C@@H]32)C1. The van der Waals surface area contributed by atoms with Crippen LogP contribution in [0.5, 0.6) is 5.88 Å². The van der Waals surface area contributed by atoms with E-state index in [1.807, 2.05) is 0 Å². The van der Waals surface area contributed by atoms with E-state index in [-0.39, 0.29) is 22.9 Å². The number of nitrogens with zero attached hydrogens (tertiary/aromatic N) is 1. The second-order valence-corrected chi connectivity index (χ2v) is 10.5. The Morgan fingerprint density at radius 2 is 1.90 bits per heavy atom. The molecule has 0 aliphatic heterocycles. The summed E-state index contributed by atoms with van der Waals surface area (Å²) in [6.45, 7) is 4.66. The Morgan fingerprint density at radius 3 is 2.71 bits per heavy atom. The van der Waals surface area contributed by atoms with Gasteiger partial charge in [-0.3, -0.25) is 4.79 Å². The fourth-order valence-corrected chi connectivity index (χ4v) is 7.42. The molecular weight excluding hydrogens is 390 g/mol. The van der Waals surface area contributed by atoms with Crippen LogP contribution < -0.4 is 4.74 Å². The number of esters is 1. The summed E-state index contributed by atoms with van der Waals surface area (Å²) in [6, 6.07) is 3.43. The van der Waals surface area contributed by atoms with Gasteiger partial charge in [0, 0.05) is 24.5 Å². The molecular formula is C26H33NO4. The third kappa shape index (κ3) is 3.15. The highest BCUT2D eigenvalue weighted by atomic mass is 16.5. The number of ether oxygens (including phenoxy) is 2. The Balaban J connectivity index is 1.32. The van der Waals surface area contributed by atoms with Gasteiger partial charge >= 0.3 is 5.97 Å². The van der Waals surface area contributed by atoms with E-state index in [1.54, 1.807) is 18.3 Å². The van der Waals surface area contributed by atoms with Crippen molar-refractivity contribution < 1.29 is 19.1 Å². The van der Waals surface area contributed by atoms with Gasteiger partial charge in [-0.25, -0.2) is 9.78 Å². The molecule has 5 nitrogen and oxygen atoms in total. The van der Waals surface area contributed by atoms with Gasteiger partial charge < -0.3 is 9.47 Å². The summed E-state index contributed by atoms with van der Waals surface area (Å²) < 4.78 is 11.1. The maximum Gasteiger partial charge on any atom is 0.343 e. The van der Waals surface area contributed by atoms with E-state index in [4.69, 9.17) is 9.47 Å². The number of carbonyl (C=O) groups is 2. The normalized spacial score (nSPS) is 39.1. The number of hydrogen-bond acceptors (Lipinski definition) is 5. The molecule has 1 aromatic rings. The molecule has 5 heteroatoms. The van der Waals surface area contributed by atoms with Crippen LogP contribution in [0.25, 0.3) is 0 Å². The smallest absolute Gasteiger partial charge is 0.343 e. The Bertz CT molecular complexity index is 939. The number of fused-ring (bicyclic) bond motifs is 5. The molecule has 31 heavy (non-hydrogen) atoms. The van der Waals surface area contributed by atoms with Crippen LogP contribution in [0.2, 0.25) is 0 Å². The van der Waals surface area contributed by atoms with Gasteiger partial charge in [0.05, 0.1) is 7.11 Å². The molecule has 1 heterocycles. The van der Waals surface area contributed by atoms with Crippen molar-refractivity contribution in [2.24, 2.45) is 28.6 Å². The number of hydrogen-bond donors (Lipinski definition) is 0. The molecule has 166 valence electrons. The summed E-state index contributed by atoms with van der Waals surface area (Å²) in [4.78, 5) is 29.5. The Kier molecular flexibility index (Phi) is 4.98. The minimum Gasteiger partial charge on any atom is -0.480 e. The van der Waals surface area contributed by atoms with Crippen molar-refractivity contribution in [3.63, 3.8) is 0 Å². The van der Waals surface area contributed by atoms with Gasteiger partial charge in [0.1, 0.15) is 17.5 Å². The van der Waals surface area contributed by atoms with E-state index in [2.05, 4.69) is 24.9 Å².